The van der Waals surface area contributed by atoms with Crippen LogP contribution in [-0.2, 0) is 0 Å². The molecule has 8 aromatic rings. The van der Waals surface area contributed by atoms with Gasteiger partial charge in [-0.05, 0) is 75.8 Å². The Bertz CT molecular complexity index is 2520. The summed E-state index contributed by atoms with van der Waals surface area (Å²) in [6.45, 7) is 0. The number of amidine groups is 1. The SMILES string of the molecule is CNC1=CC(n2c3ccccc3c3ccccc32)=CN=C(c2ccc(-c3cc(-c4ccccc4)cc(-c4ccccc4)c3)cc2)N1c1ccccc1. The summed E-state index contributed by atoms with van der Waals surface area (Å²) in [7, 11) is 1.97. The topological polar surface area (TPSA) is 32.6 Å². The second-order valence-electron chi connectivity index (χ2n) is 12.9. The number of nitrogens with zero attached hydrogens (tertiary/aromatic N) is 3. The molecule has 1 aliphatic heterocycles. The number of nitrogens with one attached hydrogen (secondary N) is 1. The quantitative estimate of drug-likeness (QED) is 0.183. The summed E-state index contributed by atoms with van der Waals surface area (Å²) in [5, 5.41) is 5.95. The number of hydrogen-bond acceptors (Lipinski definition) is 3. The van der Waals surface area contributed by atoms with Crippen molar-refractivity contribution < 1.29 is 0 Å². The molecule has 1 aromatic heterocycles. The summed E-state index contributed by atoms with van der Waals surface area (Å²) in [6, 6.07) is 64.5. The summed E-state index contributed by atoms with van der Waals surface area (Å²) in [6.07, 6.45) is 4.19. The van der Waals surface area contributed by atoms with Gasteiger partial charge >= 0.3 is 0 Å². The Kier molecular flexibility index (Phi) is 8.03. The highest BCUT2D eigenvalue weighted by atomic mass is 15.3. The van der Waals surface area contributed by atoms with Crippen molar-refractivity contribution in [3.8, 4) is 33.4 Å². The van der Waals surface area contributed by atoms with Gasteiger partial charge in [0, 0.05) is 35.1 Å². The fraction of sp³-hybridized carbons (Fsp3) is 0.0208. The summed E-state index contributed by atoms with van der Waals surface area (Å²) in [4.78, 5) is 7.48. The zero-order valence-corrected chi connectivity index (χ0v) is 28.8. The maximum absolute atomic E-state index is 5.28. The molecule has 0 bridgehead atoms. The van der Waals surface area contributed by atoms with Gasteiger partial charge in [-0.3, -0.25) is 4.90 Å². The third-order valence-electron chi connectivity index (χ3n) is 9.79. The van der Waals surface area contributed by atoms with E-state index in [1.807, 2.05) is 19.3 Å². The summed E-state index contributed by atoms with van der Waals surface area (Å²) >= 11 is 0. The van der Waals surface area contributed by atoms with Crippen LogP contribution in [0.2, 0.25) is 0 Å². The molecule has 0 aliphatic carbocycles. The molecule has 0 amide bonds. The third-order valence-corrected chi connectivity index (χ3v) is 9.79. The molecular weight excluding hydrogens is 633 g/mol. The molecule has 1 aliphatic rings. The van der Waals surface area contributed by atoms with E-state index in [0.717, 1.165) is 45.2 Å². The van der Waals surface area contributed by atoms with Crippen molar-refractivity contribution in [2.45, 2.75) is 0 Å². The third kappa shape index (κ3) is 5.66. The minimum Gasteiger partial charge on any atom is -0.374 e. The van der Waals surface area contributed by atoms with E-state index in [4.69, 9.17) is 4.99 Å². The lowest BCUT2D eigenvalue weighted by Gasteiger charge is -2.28. The van der Waals surface area contributed by atoms with E-state index in [2.05, 4.69) is 197 Å². The van der Waals surface area contributed by atoms with Gasteiger partial charge in [-0.2, -0.15) is 0 Å². The summed E-state index contributed by atoms with van der Waals surface area (Å²) in [5.41, 5.74) is 12.4. The maximum atomic E-state index is 5.28. The highest BCUT2D eigenvalue weighted by Crippen LogP contribution is 2.36. The van der Waals surface area contributed by atoms with Gasteiger partial charge in [0.05, 0.1) is 22.9 Å². The van der Waals surface area contributed by atoms with Crippen LogP contribution in [0.3, 0.4) is 0 Å². The van der Waals surface area contributed by atoms with Gasteiger partial charge in [-0.15, -0.1) is 0 Å². The average molecular weight is 669 g/mol. The smallest absolute Gasteiger partial charge is 0.146 e. The molecule has 1 N–H and O–H groups in total. The normalized spacial score (nSPS) is 13.0. The summed E-state index contributed by atoms with van der Waals surface area (Å²) in [5.74, 6) is 1.75. The molecule has 9 rings (SSSR count). The van der Waals surface area contributed by atoms with E-state index in [1.54, 1.807) is 0 Å². The molecule has 0 fully saturated rings. The Labute approximate surface area is 304 Å². The lowest BCUT2D eigenvalue weighted by Crippen LogP contribution is -2.35. The zero-order chi connectivity index (χ0) is 34.9. The number of rotatable bonds is 7. The Morgan fingerprint density at radius 1 is 0.442 bits per heavy atom. The number of allylic oxidation sites excluding steroid dienone is 2. The molecule has 0 saturated carbocycles. The van der Waals surface area contributed by atoms with E-state index in [0.29, 0.717) is 0 Å². The van der Waals surface area contributed by atoms with Crippen molar-refractivity contribution in [2.24, 2.45) is 4.99 Å². The molecule has 0 unspecified atom stereocenters. The first-order chi connectivity index (χ1) is 25.7. The van der Waals surface area contributed by atoms with Crippen LogP contribution in [0.15, 0.2) is 205 Å². The van der Waals surface area contributed by atoms with E-state index in [-0.39, 0.29) is 0 Å². The maximum Gasteiger partial charge on any atom is 0.146 e. The summed E-state index contributed by atoms with van der Waals surface area (Å²) < 4.78 is 2.31. The molecular formula is C48H36N4. The van der Waals surface area contributed by atoms with E-state index in [1.165, 1.54) is 38.6 Å². The minimum atomic E-state index is 0.831. The molecule has 2 heterocycles. The number of aromatic nitrogens is 1. The Morgan fingerprint density at radius 3 is 1.40 bits per heavy atom. The highest BCUT2D eigenvalue weighted by molar-refractivity contribution is 6.14. The van der Waals surface area contributed by atoms with Gasteiger partial charge in [-0.1, -0.05) is 140 Å². The monoisotopic (exact) mass is 668 g/mol. The fourth-order valence-corrected chi connectivity index (χ4v) is 7.29. The number of fused-ring (bicyclic) bond motifs is 3. The van der Waals surface area contributed by atoms with Crippen LogP contribution >= 0.6 is 0 Å². The number of hydrogen-bond donors (Lipinski definition) is 1. The van der Waals surface area contributed by atoms with Gasteiger partial charge in [0.2, 0.25) is 0 Å². The predicted molar refractivity (Wildman–Crippen MR) is 219 cm³/mol. The molecule has 0 saturated heterocycles. The first-order valence-electron chi connectivity index (χ1n) is 17.6. The van der Waals surface area contributed by atoms with Crippen molar-refractivity contribution in [2.75, 3.05) is 11.9 Å². The lowest BCUT2D eigenvalue weighted by molar-refractivity contribution is 0.943. The lowest BCUT2D eigenvalue weighted by atomic mass is 9.93. The van der Waals surface area contributed by atoms with Crippen LogP contribution in [0.1, 0.15) is 5.56 Å². The molecule has 4 nitrogen and oxygen atoms in total. The first kappa shape index (κ1) is 31.1. The van der Waals surface area contributed by atoms with Crippen LogP contribution < -0.4 is 10.2 Å². The van der Waals surface area contributed by atoms with Crippen molar-refractivity contribution in [3.63, 3.8) is 0 Å². The number of anilines is 1. The molecule has 4 heteroatoms. The Hall–Kier alpha value is -6.91. The largest absolute Gasteiger partial charge is 0.374 e. The van der Waals surface area contributed by atoms with Gasteiger partial charge in [0.1, 0.15) is 11.7 Å². The van der Waals surface area contributed by atoms with E-state index >= 15 is 0 Å². The predicted octanol–water partition coefficient (Wildman–Crippen LogP) is 11.6. The van der Waals surface area contributed by atoms with Gasteiger partial charge in [-0.25, -0.2) is 4.99 Å². The van der Waals surface area contributed by atoms with Gasteiger partial charge < -0.3 is 9.88 Å². The van der Waals surface area contributed by atoms with Crippen LogP contribution in [0.5, 0.6) is 0 Å². The molecule has 0 atom stereocenters. The molecule has 248 valence electrons. The average Bonchev–Trinajstić information content (AvgIpc) is 3.43. The molecule has 7 aromatic carbocycles. The Morgan fingerprint density at radius 2 is 0.885 bits per heavy atom. The zero-order valence-electron chi connectivity index (χ0n) is 28.8. The van der Waals surface area contributed by atoms with Crippen LogP contribution in [0, 0.1) is 0 Å². The number of benzene rings is 7. The van der Waals surface area contributed by atoms with Gasteiger partial charge in [0.15, 0.2) is 0 Å². The van der Waals surface area contributed by atoms with Crippen LogP contribution in [-0.4, -0.2) is 17.5 Å². The Balaban J connectivity index is 1.18. The van der Waals surface area contributed by atoms with Crippen molar-refractivity contribution in [1.82, 2.24) is 9.88 Å². The van der Waals surface area contributed by atoms with Crippen molar-refractivity contribution >= 4 is 39.0 Å². The molecule has 0 spiro atoms. The number of aliphatic imine (C=N–C) groups is 1. The van der Waals surface area contributed by atoms with Crippen molar-refractivity contribution in [3.05, 3.63) is 206 Å². The minimum absolute atomic E-state index is 0.831. The second-order valence-corrected chi connectivity index (χ2v) is 12.9. The number of para-hydroxylation sites is 3. The fourth-order valence-electron chi connectivity index (χ4n) is 7.29. The second kappa shape index (κ2) is 13.4. The van der Waals surface area contributed by atoms with Crippen LogP contribution in [0.25, 0.3) is 60.9 Å². The highest BCUT2D eigenvalue weighted by Gasteiger charge is 2.23. The van der Waals surface area contributed by atoms with Crippen molar-refractivity contribution in [1.29, 1.82) is 0 Å². The van der Waals surface area contributed by atoms with E-state index in [9.17, 15) is 0 Å². The first-order valence-corrected chi connectivity index (χ1v) is 17.6. The molecule has 0 radical (unpaired) electrons. The van der Waals surface area contributed by atoms with E-state index < -0.39 is 0 Å². The van der Waals surface area contributed by atoms with Gasteiger partial charge in [0.25, 0.3) is 0 Å². The van der Waals surface area contributed by atoms with Crippen LogP contribution in [0.4, 0.5) is 5.69 Å². The molecule has 52 heavy (non-hydrogen) atoms. The standard InChI is InChI=1S/C48H36N4/c1-49-47-32-42(51-45-23-13-11-21-43(45)44-22-12-14-24-46(44)51)33-50-48(52(47)41-19-9-4-10-20-41)37-27-25-36(26-28-37)40-30-38(34-15-5-2-6-16-34)29-39(31-40)35-17-7-3-8-18-35/h2-33,49H,1H3.